The molecule has 0 bridgehead atoms. The van der Waals surface area contributed by atoms with Crippen LogP contribution in [0.2, 0.25) is 0 Å². The molecule has 85 valence electrons. The number of rotatable bonds is 2. The standard InChI is InChI=1S/C9H15N2O.C2H6.Y/c12-7-10-8-2-5-11-9(6-8)3-1-4-9;1-2;/h8,11H,1-6H2,(H,10,12);1-2H3;/q-1;;. The van der Waals surface area contributed by atoms with Gasteiger partial charge in [0.1, 0.15) is 0 Å². The summed E-state index contributed by atoms with van der Waals surface area (Å²) in [6.45, 7) is 5.04. The molecule has 2 rings (SSSR count). The van der Waals surface area contributed by atoms with E-state index >= 15 is 0 Å². The van der Waals surface area contributed by atoms with Crippen molar-refractivity contribution in [1.82, 2.24) is 10.6 Å². The van der Waals surface area contributed by atoms with E-state index in [0.717, 1.165) is 19.4 Å². The number of nitrogens with one attached hydrogen (secondary N) is 2. The summed E-state index contributed by atoms with van der Waals surface area (Å²) < 4.78 is 0. The van der Waals surface area contributed by atoms with Crippen molar-refractivity contribution in [2.45, 2.75) is 57.5 Å². The van der Waals surface area contributed by atoms with Crippen molar-refractivity contribution in [3.63, 3.8) is 0 Å². The molecule has 1 atom stereocenters. The van der Waals surface area contributed by atoms with E-state index in [1.165, 1.54) is 19.3 Å². The van der Waals surface area contributed by atoms with Crippen LogP contribution >= 0.6 is 0 Å². The molecule has 2 fully saturated rings. The Bertz CT molecular complexity index is 183. The second kappa shape index (κ2) is 7.75. The maximum absolute atomic E-state index is 10.1. The van der Waals surface area contributed by atoms with Crippen molar-refractivity contribution in [1.29, 1.82) is 0 Å². The molecule has 0 aromatic carbocycles. The fourth-order valence-electron chi connectivity index (χ4n) is 2.35. The zero-order valence-electron chi connectivity index (χ0n) is 9.81. The predicted octanol–water partition coefficient (Wildman–Crippen LogP) is 1.34. The molecule has 1 radical (unpaired) electrons. The molecule has 1 saturated heterocycles. The molecule has 0 aromatic rings. The normalized spacial score (nSPS) is 26.4. The Morgan fingerprint density at radius 3 is 2.53 bits per heavy atom. The van der Waals surface area contributed by atoms with E-state index in [-0.39, 0.29) is 32.7 Å². The van der Waals surface area contributed by atoms with Gasteiger partial charge in [-0.3, -0.25) is 0 Å². The average Bonchev–Trinajstić information content (AvgIpc) is 2.20. The van der Waals surface area contributed by atoms with Crippen molar-refractivity contribution in [2.75, 3.05) is 6.54 Å². The molecule has 1 aliphatic heterocycles. The van der Waals surface area contributed by atoms with Gasteiger partial charge in [0.25, 0.3) is 0 Å². The molecule has 1 saturated carbocycles. The van der Waals surface area contributed by atoms with Crippen molar-refractivity contribution in [3.8, 4) is 0 Å². The molecular formula is C11H21N2OY-. The zero-order chi connectivity index (χ0) is 10.4. The van der Waals surface area contributed by atoms with Gasteiger partial charge in [0.05, 0.1) is 0 Å². The largest absolute Gasteiger partial charge is 0.527 e. The average molecular weight is 286 g/mol. The summed E-state index contributed by atoms with van der Waals surface area (Å²) in [4.78, 5) is 10.1. The third-order valence-corrected chi connectivity index (χ3v) is 3.20. The first kappa shape index (κ1) is 15.5. The van der Waals surface area contributed by atoms with Gasteiger partial charge in [0.15, 0.2) is 0 Å². The summed E-state index contributed by atoms with van der Waals surface area (Å²) in [7, 11) is 0. The Morgan fingerprint density at radius 1 is 1.40 bits per heavy atom. The SMILES string of the molecule is CC.O=[C-]NC1CCNC2(CCC2)C1.[Y]. The van der Waals surface area contributed by atoms with Crippen molar-refractivity contribution >= 4 is 6.41 Å². The molecule has 0 aromatic heterocycles. The number of hydrogen-bond donors (Lipinski definition) is 2. The molecule has 1 aliphatic carbocycles. The molecule has 2 aliphatic rings. The Labute approximate surface area is 118 Å². The van der Waals surface area contributed by atoms with Crippen LogP contribution in [0.1, 0.15) is 46.0 Å². The zero-order valence-corrected chi connectivity index (χ0v) is 12.6. The van der Waals surface area contributed by atoms with Crippen LogP contribution in [0, 0.1) is 0 Å². The van der Waals surface area contributed by atoms with Crippen LogP contribution in [-0.4, -0.2) is 24.5 Å². The molecule has 4 heteroatoms. The van der Waals surface area contributed by atoms with Gasteiger partial charge in [-0.05, 0) is 38.6 Å². The first-order valence-corrected chi connectivity index (χ1v) is 5.72. The van der Waals surface area contributed by atoms with Crippen LogP contribution in [0.25, 0.3) is 0 Å². The molecule has 15 heavy (non-hydrogen) atoms. The topological polar surface area (TPSA) is 41.1 Å². The minimum atomic E-state index is 0. The monoisotopic (exact) mass is 286 g/mol. The van der Waals surface area contributed by atoms with Crippen LogP contribution in [0.4, 0.5) is 0 Å². The number of carbonyl (C=O) groups excluding carboxylic acids is 1. The van der Waals surface area contributed by atoms with Crippen LogP contribution in [0.3, 0.4) is 0 Å². The Kier molecular flexibility index (Phi) is 8.03. The van der Waals surface area contributed by atoms with E-state index in [9.17, 15) is 4.79 Å². The number of piperidine rings is 1. The van der Waals surface area contributed by atoms with Gasteiger partial charge < -0.3 is 15.4 Å². The van der Waals surface area contributed by atoms with Crippen molar-refractivity contribution < 1.29 is 37.5 Å². The van der Waals surface area contributed by atoms with Gasteiger partial charge in [0, 0.05) is 44.3 Å². The van der Waals surface area contributed by atoms with Crippen LogP contribution in [0.5, 0.6) is 0 Å². The van der Waals surface area contributed by atoms with E-state index in [0.29, 0.717) is 11.6 Å². The summed E-state index contributed by atoms with van der Waals surface area (Å²) in [5.74, 6) is 0. The fourth-order valence-corrected chi connectivity index (χ4v) is 2.35. The van der Waals surface area contributed by atoms with Crippen LogP contribution < -0.4 is 10.6 Å². The van der Waals surface area contributed by atoms with Gasteiger partial charge in [-0.25, -0.2) is 0 Å². The summed E-state index contributed by atoms with van der Waals surface area (Å²) >= 11 is 0. The molecule has 1 spiro atoms. The quantitative estimate of drug-likeness (QED) is 0.594. The Balaban J connectivity index is 0.000000617. The Hall–Kier alpha value is 0.534. The van der Waals surface area contributed by atoms with Gasteiger partial charge in [0.2, 0.25) is 0 Å². The second-order valence-electron chi connectivity index (χ2n) is 4.00. The second-order valence-corrected chi connectivity index (χ2v) is 4.00. The summed E-state index contributed by atoms with van der Waals surface area (Å²) in [5.41, 5.74) is 0.382. The first-order chi connectivity index (χ1) is 6.85. The molecule has 1 unspecified atom stereocenters. The van der Waals surface area contributed by atoms with E-state index < -0.39 is 0 Å². The van der Waals surface area contributed by atoms with Gasteiger partial charge in [-0.1, -0.05) is 13.8 Å². The van der Waals surface area contributed by atoms with E-state index in [1.54, 1.807) is 6.41 Å². The van der Waals surface area contributed by atoms with Crippen molar-refractivity contribution in [3.05, 3.63) is 0 Å². The molecule has 1 heterocycles. The van der Waals surface area contributed by atoms with Crippen LogP contribution in [-0.2, 0) is 37.5 Å². The van der Waals surface area contributed by atoms with Gasteiger partial charge in [-0.15, -0.1) is 0 Å². The number of hydrogen-bond acceptors (Lipinski definition) is 2. The third kappa shape index (κ3) is 4.12. The predicted molar refractivity (Wildman–Crippen MR) is 57.8 cm³/mol. The third-order valence-electron chi connectivity index (χ3n) is 3.20. The maximum atomic E-state index is 10.1. The Morgan fingerprint density at radius 2 is 2.07 bits per heavy atom. The van der Waals surface area contributed by atoms with Gasteiger partial charge in [-0.2, -0.15) is 6.41 Å². The minimum Gasteiger partial charge on any atom is -0.527 e. The number of amides is 1. The maximum Gasteiger partial charge on any atom is 0.0200 e. The smallest absolute Gasteiger partial charge is 0.0200 e. The fraction of sp³-hybridized carbons (Fsp3) is 0.909. The van der Waals surface area contributed by atoms with Crippen LogP contribution in [0.15, 0.2) is 0 Å². The molecule has 3 nitrogen and oxygen atoms in total. The summed E-state index contributed by atoms with van der Waals surface area (Å²) in [6, 6.07) is 0.365. The minimum absolute atomic E-state index is 0. The molecule has 1 amide bonds. The van der Waals surface area contributed by atoms with E-state index in [2.05, 4.69) is 10.6 Å². The molecule has 2 N–H and O–H groups in total. The molecular weight excluding hydrogens is 265 g/mol. The van der Waals surface area contributed by atoms with Gasteiger partial charge >= 0.3 is 0 Å². The summed E-state index contributed by atoms with van der Waals surface area (Å²) in [5, 5.41) is 6.31. The van der Waals surface area contributed by atoms with Crippen molar-refractivity contribution in [2.24, 2.45) is 0 Å². The van der Waals surface area contributed by atoms with E-state index in [4.69, 9.17) is 0 Å². The van der Waals surface area contributed by atoms with E-state index in [1.807, 2.05) is 13.8 Å². The first-order valence-electron chi connectivity index (χ1n) is 5.72. The summed E-state index contributed by atoms with van der Waals surface area (Å²) in [6.07, 6.45) is 7.85.